The van der Waals surface area contributed by atoms with Crippen LogP contribution in [-0.2, 0) is 5.41 Å². The zero-order valence-electron chi connectivity index (χ0n) is 12.5. The summed E-state index contributed by atoms with van der Waals surface area (Å²) in [6.45, 7) is 6.13. The molecule has 1 saturated carbocycles. The van der Waals surface area contributed by atoms with E-state index in [0.29, 0.717) is 4.96 Å². The molecule has 1 amide bonds. The molecule has 3 rings (SSSR count). The van der Waals surface area contributed by atoms with Crippen molar-refractivity contribution in [3.8, 4) is 0 Å². The molecule has 2 aromatic rings. The number of aromatic nitrogens is 2. The lowest BCUT2D eigenvalue weighted by Crippen LogP contribution is -2.42. The van der Waals surface area contributed by atoms with E-state index in [1.54, 1.807) is 4.40 Å². The Morgan fingerprint density at radius 1 is 1.43 bits per heavy atom. The molecule has 6 heteroatoms. The molecule has 1 N–H and O–H groups in total. The number of amides is 1. The molecule has 1 aliphatic carbocycles. The Bertz CT molecular complexity index is 750. The monoisotopic (exact) mass is 305 g/mol. The maximum atomic E-state index is 12.7. The lowest BCUT2D eigenvalue weighted by Gasteiger charge is -2.26. The molecule has 2 heterocycles. The molecule has 0 atom stereocenters. The third-order valence-electron chi connectivity index (χ3n) is 3.90. The van der Waals surface area contributed by atoms with Gasteiger partial charge < -0.3 is 5.32 Å². The largest absolute Gasteiger partial charge is 0.349 e. The van der Waals surface area contributed by atoms with Crippen LogP contribution in [0.15, 0.2) is 16.4 Å². The van der Waals surface area contributed by atoms with Crippen molar-refractivity contribution < 1.29 is 4.79 Å². The van der Waals surface area contributed by atoms with Gasteiger partial charge in [-0.15, -0.1) is 11.3 Å². The lowest BCUT2D eigenvalue weighted by atomic mass is 9.93. The minimum atomic E-state index is -0.308. The first kappa shape index (κ1) is 14.3. The molecule has 0 aliphatic heterocycles. The second kappa shape index (κ2) is 4.94. The van der Waals surface area contributed by atoms with Crippen molar-refractivity contribution in [3.63, 3.8) is 0 Å². The predicted molar refractivity (Wildman–Crippen MR) is 83.1 cm³/mol. The van der Waals surface area contributed by atoms with Gasteiger partial charge in [0.25, 0.3) is 11.5 Å². The summed E-state index contributed by atoms with van der Waals surface area (Å²) in [5.41, 5.74) is 0.567. The molecular formula is C15H19N3O2S. The fourth-order valence-corrected chi connectivity index (χ4v) is 3.46. The fraction of sp³-hybridized carbons (Fsp3) is 0.533. The maximum absolute atomic E-state index is 12.7. The predicted octanol–water partition coefficient (Wildman–Crippen LogP) is 2.34. The van der Waals surface area contributed by atoms with Gasteiger partial charge in [-0.2, -0.15) is 0 Å². The first-order valence-corrected chi connectivity index (χ1v) is 8.06. The molecule has 21 heavy (non-hydrogen) atoms. The van der Waals surface area contributed by atoms with Crippen molar-refractivity contribution in [2.45, 2.75) is 51.5 Å². The molecule has 0 radical (unpaired) electrons. The average molecular weight is 305 g/mol. The summed E-state index contributed by atoms with van der Waals surface area (Å²) in [7, 11) is 0. The highest BCUT2D eigenvalue weighted by atomic mass is 32.1. The van der Waals surface area contributed by atoms with Crippen LogP contribution in [0.3, 0.4) is 0 Å². The lowest BCUT2D eigenvalue weighted by molar-refractivity contribution is 0.0915. The molecule has 0 bridgehead atoms. The Morgan fingerprint density at radius 2 is 2.14 bits per heavy atom. The standard InChI is InChI=1S/C15H19N3O2S/c1-15(2,3)11-8-21-14-16-7-10(13(20)18(11)14)12(19)17-9-5-4-6-9/h7-9H,4-6H2,1-3H3,(H,17,19). The fourth-order valence-electron chi connectivity index (χ4n) is 2.38. The number of thiazole rings is 1. The van der Waals surface area contributed by atoms with Crippen LogP contribution in [0, 0.1) is 0 Å². The van der Waals surface area contributed by atoms with E-state index in [9.17, 15) is 9.59 Å². The summed E-state index contributed by atoms with van der Waals surface area (Å²) >= 11 is 1.43. The molecule has 112 valence electrons. The number of hydrogen-bond acceptors (Lipinski definition) is 4. The van der Waals surface area contributed by atoms with E-state index in [1.807, 2.05) is 26.2 Å². The Labute approximate surface area is 127 Å². The summed E-state index contributed by atoms with van der Waals surface area (Å²) in [5, 5.41) is 4.84. The highest BCUT2D eigenvalue weighted by Crippen LogP contribution is 2.25. The van der Waals surface area contributed by atoms with E-state index in [-0.39, 0.29) is 28.5 Å². The van der Waals surface area contributed by atoms with E-state index < -0.39 is 0 Å². The van der Waals surface area contributed by atoms with Crippen molar-refractivity contribution in [2.75, 3.05) is 0 Å². The normalized spacial score (nSPS) is 16.0. The molecule has 0 unspecified atom stereocenters. The van der Waals surface area contributed by atoms with E-state index in [4.69, 9.17) is 0 Å². The minimum absolute atomic E-state index is 0.128. The summed E-state index contributed by atoms with van der Waals surface area (Å²) in [6.07, 6.45) is 4.53. The number of hydrogen-bond donors (Lipinski definition) is 1. The first-order chi connectivity index (χ1) is 9.88. The molecular weight excluding hydrogens is 286 g/mol. The Hall–Kier alpha value is -1.69. The summed E-state index contributed by atoms with van der Waals surface area (Å²) in [4.78, 5) is 29.8. The van der Waals surface area contributed by atoms with Crippen LogP contribution in [0.1, 0.15) is 56.1 Å². The zero-order chi connectivity index (χ0) is 15.2. The van der Waals surface area contributed by atoms with E-state index >= 15 is 0 Å². The van der Waals surface area contributed by atoms with E-state index in [2.05, 4.69) is 10.3 Å². The van der Waals surface area contributed by atoms with Gasteiger partial charge in [0, 0.05) is 28.7 Å². The molecule has 1 fully saturated rings. The third kappa shape index (κ3) is 2.48. The number of nitrogens with one attached hydrogen (secondary N) is 1. The van der Waals surface area contributed by atoms with Gasteiger partial charge in [0.15, 0.2) is 4.96 Å². The first-order valence-electron chi connectivity index (χ1n) is 7.18. The van der Waals surface area contributed by atoms with Gasteiger partial charge in [-0.25, -0.2) is 4.98 Å². The van der Waals surface area contributed by atoms with Crippen molar-refractivity contribution in [3.05, 3.63) is 33.2 Å². The van der Waals surface area contributed by atoms with Gasteiger partial charge in [-0.05, 0) is 19.3 Å². The second-order valence-electron chi connectivity index (χ2n) is 6.57. The van der Waals surface area contributed by atoms with Crippen LogP contribution < -0.4 is 10.9 Å². The van der Waals surface area contributed by atoms with Gasteiger partial charge in [-0.1, -0.05) is 20.8 Å². The van der Waals surface area contributed by atoms with Crippen LogP contribution in [0.2, 0.25) is 0 Å². The molecule has 2 aromatic heterocycles. The summed E-state index contributed by atoms with van der Waals surface area (Å²) in [6, 6.07) is 0.210. The average Bonchev–Trinajstić information content (AvgIpc) is 2.78. The van der Waals surface area contributed by atoms with Crippen molar-refractivity contribution in [2.24, 2.45) is 0 Å². The zero-order valence-corrected chi connectivity index (χ0v) is 13.3. The number of carbonyl (C=O) groups excluding carboxylic acids is 1. The maximum Gasteiger partial charge on any atom is 0.271 e. The highest BCUT2D eigenvalue weighted by Gasteiger charge is 2.25. The molecule has 0 saturated heterocycles. The number of rotatable bonds is 2. The highest BCUT2D eigenvalue weighted by molar-refractivity contribution is 7.15. The molecule has 0 aromatic carbocycles. The quantitative estimate of drug-likeness (QED) is 0.926. The number of carbonyl (C=O) groups is 1. The van der Waals surface area contributed by atoms with Gasteiger partial charge >= 0.3 is 0 Å². The van der Waals surface area contributed by atoms with E-state index in [0.717, 1.165) is 25.0 Å². The Morgan fingerprint density at radius 3 is 2.71 bits per heavy atom. The molecule has 1 aliphatic rings. The Kier molecular flexibility index (Phi) is 3.36. The SMILES string of the molecule is CC(C)(C)c1csc2ncc(C(=O)NC3CCC3)c(=O)n12. The third-order valence-corrected chi connectivity index (χ3v) is 4.74. The smallest absolute Gasteiger partial charge is 0.271 e. The van der Waals surface area contributed by atoms with Crippen molar-refractivity contribution >= 4 is 22.2 Å². The van der Waals surface area contributed by atoms with Crippen LogP contribution in [0.4, 0.5) is 0 Å². The second-order valence-corrected chi connectivity index (χ2v) is 7.40. The van der Waals surface area contributed by atoms with Gasteiger partial charge in [-0.3, -0.25) is 14.0 Å². The van der Waals surface area contributed by atoms with Crippen molar-refractivity contribution in [1.82, 2.24) is 14.7 Å². The summed E-state index contributed by atoms with van der Waals surface area (Å²) in [5.74, 6) is -0.308. The molecule has 5 nitrogen and oxygen atoms in total. The van der Waals surface area contributed by atoms with Gasteiger partial charge in [0.2, 0.25) is 0 Å². The van der Waals surface area contributed by atoms with Crippen LogP contribution in [-0.4, -0.2) is 21.3 Å². The van der Waals surface area contributed by atoms with Crippen LogP contribution in [0.5, 0.6) is 0 Å². The molecule has 0 spiro atoms. The van der Waals surface area contributed by atoms with E-state index in [1.165, 1.54) is 17.5 Å². The minimum Gasteiger partial charge on any atom is -0.349 e. The Balaban J connectivity index is 2.06. The topological polar surface area (TPSA) is 63.5 Å². The van der Waals surface area contributed by atoms with Gasteiger partial charge in [0.05, 0.1) is 0 Å². The van der Waals surface area contributed by atoms with Crippen LogP contribution in [0.25, 0.3) is 4.96 Å². The number of fused-ring (bicyclic) bond motifs is 1. The number of nitrogens with zero attached hydrogens (tertiary/aromatic N) is 2. The summed E-state index contributed by atoms with van der Waals surface area (Å²) < 4.78 is 1.57. The van der Waals surface area contributed by atoms with Gasteiger partial charge in [0.1, 0.15) is 5.56 Å². The van der Waals surface area contributed by atoms with Crippen molar-refractivity contribution in [1.29, 1.82) is 0 Å². The van der Waals surface area contributed by atoms with Crippen LogP contribution >= 0.6 is 11.3 Å².